The summed E-state index contributed by atoms with van der Waals surface area (Å²) in [5.41, 5.74) is 4.89. The van der Waals surface area contributed by atoms with Crippen molar-refractivity contribution in [3.8, 4) is 28.2 Å². The average Bonchev–Trinajstić information content (AvgIpc) is 3.51. The molecule has 0 bridgehead atoms. The predicted molar refractivity (Wildman–Crippen MR) is 161 cm³/mol. The highest BCUT2D eigenvalue weighted by molar-refractivity contribution is 5.80. The number of nitrogens with zero attached hydrogens (tertiary/aromatic N) is 7. The molecule has 0 aliphatic heterocycles. The van der Waals surface area contributed by atoms with E-state index in [-0.39, 0.29) is 17.2 Å². The van der Waals surface area contributed by atoms with Crippen molar-refractivity contribution in [1.82, 2.24) is 39.3 Å². The molecule has 3 heterocycles. The van der Waals surface area contributed by atoms with Crippen LogP contribution in [-0.2, 0) is 13.1 Å². The topological polar surface area (TPSA) is 116 Å². The normalized spacial score (nSPS) is 13.3. The fraction of sp³-hybridized carbons (Fsp3) is 0.250. The van der Waals surface area contributed by atoms with E-state index in [1.165, 1.54) is 4.57 Å². The van der Waals surface area contributed by atoms with Gasteiger partial charge in [0.15, 0.2) is 17.0 Å². The lowest BCUT2D eigenvalue weighted by molar-refractivity contribution is 0.567. The van der Waals surface area contributed by atoms with E-state index >= 15 is 0 Å². The van der Waals surface area contributed by atoms with E-state index in [0.29, 0.717) is 41.7 Å². The summed E-state index contributed by atoms with van der Waals surface area (Å²) in [6, 6.07) is 25.7. The summed E-state index contributed by atoms with van der Waals surface area (Å²) < 4.78 is 5.00. The zero-order valence-electron chi connectivity index (χ0n) is 23.4. The van der Waals surface area contributed by atoms with E-state index < -0.39 is 0 Å². The number of hydrogen-bond donors (Lipinski definition) is 1. The molecular weight excluding hydrogens is 528 g/mol. The summed E-state index contributed by atoms with van der Waals surface area (Å²) in [5, 5.41) is 14.4. The van der Waals surface area contributed by atoms with Crippen molar-refractivity contribution < 1.29 is 0 Å². The molecule has 210 valence electrons. The molecule has 3 aromatic carbocycles. The second-order valence-electron chi connectivity index (χ2n) is 11.2. The summed E-state index contributed by atoms with van der Waals surface area (Å²) in [6.07, 6.45) is 2.07. The van der Waals surface area contributed by atoms with Crippen molar-refractivity contribution in [2.45, 2.75) is 45.7 Å². The largest absolute Gasteiger partial charge is 0.337 e. The first-order valence-corrected chi connectivity index (χ1v) is 14.2. The third kappa shape index (κ3) is 4.54. The van der Waals surface area contributed by atoms with Gasteiger partial charge >= 0.3 is 5.69 Å². The smallest absolute Gasteiger partial charge is 0.317 e. The van der Waals surface area contributed by atoms with Crippen molar-refractivity contribution in [1.29, 1.82) is 0 Å². The monoisotopic (exact) mass is 558 g/mol. The number of tetrazole rings is 1. The first kappa shape index (κ1) is 25.8. The number of hydrogen-bond acceptors (Lipinski definition) is 6. The molecule has 0 saturated heterocycles. The molecule has 10 nitrogen and oxygen atoms in total. The van der Waals surface area contributed by atoms with Crippen LogP contribution >= 0.6 is 0 Å². The van der Waals surface area contributed by atoms with Crippen LogP contribution < -0.4 is 11.2 Å². The number of para-hydroxylation sites is 1. The third-order valence-electron chi connectivity index (χ3n) is 7.86. The fourth-order valence-corrected chi connectivity index (χ4v) is 5.57. The van der Waals surface area contributed by atoms with Crippen LogP contribution in [0.25, 0.3) is 39.4 Å². The molecular formula is C32H30N8O2. The highest BCUT2D eigenvalue weighted by atomic mass is 16.2. The lowest BCUT2D eigenvalue weighted by atomic mass is 9.98. The second kappa shape index (κ2) is 10.4. The molecule has 0 unspecified atom stereocenters. The van der Waals surface area contributed by atoms with Crippen LogP contribution in [0.15, 0.2) is 88.5 Å². The molecule has 0 atom stereocenters. The molecule has 0 radical (unpaired) electrons. The summed E-state index contributed by atoms with van der Waals surface area (Å²) in [6.45, 7) is 4.99. The number of fused-ring (bicyclic) bond motifs is 1. The molecule has 42 heavy (non-hydrogen) atoms. The maximum Gasteiger partial charge on any atom is 0.337 e. The zero-order chi connectivity index (χ0) is 28.8. The molecule has 0 amide bonds. The maximum absolute atomic E-state index is 14.0. The minimum Gasteiger partial charge on any atom is -0.317 e. The van der Waals surface area contributed by atoms with Crippen molar-refractivity contribution in [3.63, 3.8) is 0 Å². The molecule has 3 aromatic heterocycles. The SMILES string of the molecule is CC(C)c1nc2c(c(=O)n(CC3CC3)c(=O)n2-c2ccccc2)n1Cc1ccc(-c2ccccc2-c2nnn[nH]2)cc1. The highest BCUT2D eigenvalue weighted by Gasteiger charge is 2.28. The van der Waals surface area contributed by atoms with Gasteiger partial charge in [-0.3, -0.25) is 9.36 Å². The maximum atomic E-state index is 14.0. The molecule has 10 heteroatoms. The van der Waals surface area contributed by atoms with Gasteiger partial charge in [0.1, 0.15) is 5.82 Å². The van der Waals surface area contributed by atoms with Gasteiger partial charge in [-0.2, -0.15) is 0 Å². The van der Waals surface area contributed by atoms with Gasteiger partial charge in [0, 0.05) is 24.6 Å². The number of H-pyrrole nitrogens is 1. The molecule has 1 fully saturated rings. The summed E-state index contributed by atoms with van der Waals surface area (Å²) in [5.74, 6) is 1.77. The molecule has 1 aliphatic carbocycles. The van der Waals surface area contributed by atoms with E-state index in [0.717, 1.165) is 40.9 Å². The fourth-order valence-electron chi connectivity index (χ4n) is 5.57. The van der Waals surface area contributed by atoms with Crippen LogP contribution in [0, 0.1) is 5.92 Å². The molecule has 1 N–H and O–H groups in total. The van der Waals surface area contributed by atoms with E-state index in [2.05, 4.69) is 58.7 Å². The number of benzene rings is 3. The molecule has 1 saturated carbocycles. The Balaban J connectivity index is 1.35. The summed E-state index contributed by atoms with van der Waals surface area (Å²) >= 11 is 0. The van der Waals surface area contributed by atoms with E-state index in [1.54, 1.807) is 4.57 Å². The first-order valence-electron chi connectivity index (χ1n) is 14.2. The van der Waals surface area contributed by atoms with Crippen LogP contribution in [-0.4, -0.2) is 39.3 Å². The standard InChI is InChI=1S/C32H30N8O2/c1-20(2)29-33-30-27(31(41)39(19-21-12-13-21)32(42)40(30)24-8-4-3-5-9-24)38(29)18-22-14-16-23(17-15-22)25-10-6-7-11-26(25)28-34-36-37-35-28/h3-11,14-17,20-21H,12-13,18-19H2,1-2H3,(H,34,35,36,37). The minimum atomic E-state index is -0.337. The molecule has 6 aromatic rings. The van der Waals surface area contributed by atoms with Gasteiger partial charge in [0.2, 0.25) is 0 Å². The number of imidazole rings is 1. The first-order chi connectivity index (χ1) is 20.5. The van der Waals surface area contributed by atoms with Crippen molar-refractivity contribution in [2.75, 3.05) is 0 Å². The Labute approximate surface area is 241 Å². The summed E-state index contributed by atoms with van der Waals surface area (Å²) in [7, 11) is 0. The van der Waals surface area contributed by atoms with Crippen LogP contribution in [0.5, 0.6) is 0 Å². The Morgan fingerprint density at radius 2 is 1.60 bits per heavy atom. The van der Waals surface area contributed by atoms with Crippen LogP contribution in [0.2, 0.25) is 0 Å². The Bertz CT molecular complexity index is 2000. The number of aromatic amines is 1. The van der Waals surface area contributed by atoms with Gasteiger partial charge in [-0.05, 0) is 58.0 Å². The van der Waals surface area contributed by atoms with Crippen LogP contribution in [0.3, 0.4) is 0 Å². The van der Waals surface area contributed by atoms with Crippen molar-refractivity contribution in [3.05, 3.63) is 111 Å². The van der Waals surface area contributed by atoms with Crippen LogP contribution in [0.1, 0.15) is 44.0 Å². The second-order valence-corrected chi connectivity index (χ2v) is 11.2. The van der Waals surface area contributed by atoms with Crippen molar-refractivity contribution >= 4 is 11.2 Å². The van der Waals surface area contributed by atoms with Gasteiger partial charge < -0.3 is 4.57 Å². The quantitative estimate of drug-likeness (QED) is 0.288. The Morgan fingerprint density at radius 3 is 2.26 bits per heavy atom. The van der Waals surface area contributed by atoms with Gasteiger partial charge in [-0.1, -0.05) is 80.6 Å². The molecule has 0 spiro atoms. The Morgan fingerprint density at radius 1 is 0.881 bits per heavy atom. The average molecular weight is 559 g/mol. The van der Waals surface area contributed by atoms with Gasteiger partial charge in [0.25, 0.3) is 5.56 Å². The molecule has 1 aliphatic rings. The zero-order valence-corrected chi connectivity index (χ0v) is 23.4. The van der Waals surface area contributed by atoms with E-state index in [1.807, 2.05) is 59.2 Å². The minimum absolute atomic E-state index is 0.0367. The molecule has 7 rings (SSSR count). The van der Waals surface area contributed by atoms with E-state index in [4.69, 9.17) is 4.98 Å². The van der Waals surface area contributed by atoms with Crippen molar-refractivity contribution in [2.24, 2.45) is 5.92 Å². The predicted octanol–water partition coefficient (Wildman–Crippen LogP) is 4.78. The summed E-state index contributed by atoms with van der Waals surface area (Å²) in [4.78, 5) is 32.7. The Kier molecular flexibility index (Phi) is 6.38. The Hall–Kier alpha value is -5.12. The number of nitrogens with one attached hydrogen (secondary N) is 1. The highest BCUT2D eigenvalue weighted by Crippen LogP contribution is 2.31. The number of rotatable bonds is 8. The number of aromatic nitrogens is 8. The third-order valence-corrected chi connectivity index (χ3v) is 7.86. The van der Waals surface area contributed by atoms with Gasteiger partial charge in [-0.15, -0.1) is 5.10 Å². The van der Waals surface area contributed by atoms with Crippen LogP contribution in [0.4, 0.5) is 0 Å². The van der Waals surface area contributed by atoms with E-state index in [9.17, 15) is 9.59 Å². The van der Waals surface area contributed by atoms with Gasteiger partial charge in [-0.25, -0.2) is 19.4 Å². The van der Waals surface area contributed by atoms with Gasteiger partial charge in [0.05, 0.1) is 5.69 Å². The lowest BCUT2D eigenvalue weighted by Gasteiger charge is -2.14. The lowest BCUT2D eigenvalue weighted by Crippen LogP contribution is -2.40.